The van der Waals surface area contributed by atoms with E-state index in [1.807, 2.05) is 11.3 Å². The predicted molar refractivity (Wildman–Crippen MR) is 244 cm³/mol. The lowest BCUT2D eigenvalue weighted by Gasteiger charge is -2.27. The molecule has 0 aliphatic carbocycles. The van der Waals surface area contributed by atoms with Gasteiger partial charge in [0.2, 0.25) is 0 Å². The van der Waals surface area contributed by atoms with Crippen molar-refractivity contribution in [2.24, 2.45) is 5.73 Å². The highest BCUT2D eigenvalue weighted by Gasteiger charge is 2.28. The molecule has 0 saturated heterocycles. The minimum atomic E-state index is -0.203. The second-order valence-electron chi connectivity index (χ2n) is 15.0. The van der Waals surface area contributed by atoms with E-state index in [0.29, 0.717) is 6.67 Å². The van der Waals surface area contributed by atoms with E-state index in [4.69, 9.17) is 5.73 Å². The molecule has 0 radical (unpaired) electrons. The second-order valence-corrected chi connectivity index (χ2v) is 16.1. The molecular formula is C52H39N3S. The Labute approximate surface area is 328 Å². The molecule has 3 nitrogen and oxygen atoms in total. The van der Waals surface area contributed by atoms with Crippen LogP contribution in [0, 0.1) is 6.92 Å². The van der Waals surface area contributed by atoms with Crippen molar-refractivity contribution in [3.05, 3.63) is 180 Å². The maximum Gasteiger partial charge on any atom is 0.0723 e. The third kappa shape index (κ3) is 4.83. The van der Waals surface area contributed by atoms with Crippen molar-refractivity contribution < 1.29 is 0 Å². The number of fused-ring (bicyclic) bond motifs is 15. The zero-order valence-corrected chi connectivity index (χ0v) is 32.1. The average Bonchev–Trinajstić information content (AvgIpc) is 3.81. The summed E-state index contributed by atoms with van der Waals surface area (Å²) in [6, 6.07) is 60.1. The molecule has 0 saturated carbocycles. The SMILES string of the molecule is C/C(=C(\c1ccccc1C)C(NCN)c1ccc2ccc3ccccc3c2c1)n1c2c3ccccc3ccc2c2c3ccccc3c3c4ccccc4sc3c21. The predicted octanol–water partition coefficient (Wildman–Crippen LogP) is 13.7. The van der Waals surface area contributed by atoms with E-state index in [0.717, 1.165) is 0 Å². The van der Waals surface area contributed by atoms with E-state index in [-0.39, 0.29) is 6.04 Å². The summed E-state index contributed by atoms with van der Waals surface area (Å²) in [6.45, 7) is 4.88. The summed E-state index contributed by atoms with van der Waals surface area (Å²) in [5.41, 5.74) is 15.0. The number of aromatic nitrogens is 1. The van der Waals surface area contributed by atoms with Gasteiger partial charge < -0.3 is 10.3 Å². The van der Waals surface area contributed by atoms with Gasteiger partial charge in [-0.05, 0) is 80.4 Å². The van der Waals surface area contributed by atoms with Gasteiger partial charge in [-0.3, -0.25) is 5.32 Å². The Morgan fingerprint density at radius 2 is 1.16 bits per heavy atom. The fourth-order valence-corrected chi connectivity index (χ4v) is 10.8. The van der Waals surface area contributed by atoms with Crippen LogP contribution in [0.1, 0.15) is 29.7 Å². The topological polar surface area (TPSA) is 43.0 Å². The lowest BCUT2D eigenvalue weighted by atomic mass is 9.87. The van der Waals surface area contributed by atoms with Crippen molar-refractivity contribution in [2.75, 3.05) is 6.67 Å². The largest absolute Gasteiger partial charge is 0.318 e. The van der Waals surface area contributed by atoms with Crippen LogP contribution in [-0.2, 0) is 0 Å². The first-order chi connectivity index (χ1) is 27.6. The Morgan fingerprint density at radius 3 is 1.93 bits per heavy atom. The average molecular weight is 738 g/mol. The van der Waals surface area contributed by atoms with Gasteiger partial charge in [-0.1, -0.05) is 152 Å². The number of benzene rings is 9. The van der Waals surface area contributed by atoms with Crippen LogP contribution in [0.5, 0.6) is 0 Å². The number of thiophene rings is 1. The Kier molecular flexibility index (Phi) is 7.62. The van der Waals surface area contributed by atoms with Gasteiger partial charge >= 0.3 is 0 Å². The van der Waals surface area contributed by atoms with Crippen molar-refractivity contribution in [2.45, 2.75) is 19.9 Å². The highest BCUT2D eigenvalue weighted by atomic mass is 32.1. The molecule has 0 fully saturated rings. The van der Waals surface area contributed by atoms with E-state index in [1.54, 1.807) is 0 Å². The monoisotopic (exact) mass is 737 g/mol. The molecule has 0 aliphatic rings. The number of nitrogens with two attached hydrogens (primary N) is 1. The van der Waals surface area contributed by atoms with Crippen LogP contribution in [0.4, 0.5) is 0 Å². The van der Waals surface area contributed by atoms with Gasteiger partial charge in [0.25, 0.3) is 0 Å². The third-order valence-electron chi connectivity index (χ3n) is 12.0. The first-order valence-electron chi connectivity index (χ1n) is 19.4. The number of aryl methyl sites for hydroxylation is 1. The van der Waals surface area contributed by atoms with Crippen molar-refractivity contribution >= 4 is 108 Å². The van der Waals surface area contributed by atoms with E-state index in [2.05, 4.69) is 188 Å². The van der Waals surface area contributed by atoms with Gasteiger partial charge in [0.15, 0.2) is 0 Å². The summed E-state index contributed by atoms with van der Waals surface area (Å²) in [7, 11) is 0. The van der Waals surface area contributed by atoms with Crippen LogP contribution in [0.2, 0.25) is 0 Å². The van der Waals surface area contributed by atoms with Crippen LogP contribution in [0.25, 0.3) is 96.3 Å². The lowest BCUT2D eigenvalue weighted by molar-refractivity contribution is 0.647. The molecule has 2 heterocycles. The first kappa shape index (κ1) is 33.1. The molecule has 3 N–H and O–H groups in total. The van der Waals surface area contributed by atoms with E-state index in [1.165, 1.54) is 113 Å². The molecule has 268 valence electrons. The molecule has 2 aromatic heterocycles. The number of allylic oxidation sites excluding steroid dienone is 1. The number of rotatable bonds is 6. The minimum absolute atomic E-state index is 0.203. The van der Waals surface area contributed by atoms with Crippen molar-refractivity contribution in [3.8, 4) is 0 Å². The van der Waals surface area contributed by atoms with E-state index < -0.39 is 0 Å². The smallest absolute Gasteiger partial charge is 0.0723 e. The molecule has 0 bridgehead atoms. The standard InChI is InChI=1S/C52H39N3S/c1-31-13-3-6-16-37(31)46(49(54-30-53)36-26-25-35-24-23-33-14-4-7-17-38(33)44(35)29-36)32(2)55-50-39-18-8-5-15-34(39)27-28-43(50)47-40-19-9-10-20-41(40)48-42-21-11-12-22-45(42)56-52(48)51(47)55/h3-29,49,54H,30,53H2,1-2H3/b46-32-. The van der Waals surface area contributed by atoms with Crippen LogP contribution in [0.3, 0.4) is 0 Å². The van der Waals surface area contributed by atoms with Gasteiger partial charge in [-0.15, -0.1) is 11.3 Å². The van der Waals surface area contributed by atoms with Crippen molar-refractivity contribution in [1.29, 1.82) is 0 Å². The fourth-order valence-electron chi connectivity index (χ4n) is 9.53. The van der Waals surface area contributed by atoms with Crippen LogP contribution in [0.15, 0.2) is 164 Å². The van der Waals surface area contributed by atoms with Gasteiger partial charge in [-0.25, -0.2) is 0 Å². The second kappa shape index (κ2) is 12.9. The minimum Gasteiger partial charge on any atom is -0.318 e. The van der Waals surface area contributed by atoms with Gasteiger partial charge in [0, 0.05) is 49.6 Å². The number of hydrogen-bond acceptors (Lipinski definition) is 3. The quantitative estimate of drug-likeness (QED) is 0.132. The Balaban J connectivity index is 1.35. The van der Waals surface area contributed by atoms with Gasteiger partial charge in [0.05, 0.1) is 21.8 Å². The Hall–Kier alpha value is -6.30. The summed E-state index contributed by atoms with van der Waals surface area (Å²) in [4.78, 5) is 0. The molecule has 0 spiro atoms. The van der Waals surface area contributed by atoms with Crippen LogP contribution < -0.4 is 11.1 Å². The normalized spacial score (nSPS) is 13.3. The summed E-state index contributed by atoms with van der Waals surface area (Å²) in [5, 5.41) is 19.0. The molecule has 9 aromatic carbocycles. The molecule has 0 amide bonds. The molecule has 4 heteroatoms. The van der Waals surface area contributed by atoms with Gasteiger partial charge in [0.1, 0.15) is 0 Å². The van der Waals surface area contributed by atoms with Crippen molar-refractivity contribution in [1.82, 2.24) is 9.88 Å². The Bertz CT molecular complexity index is 3420. The number of nitrogens with zero attached hydrogens (tertiary/aromatic N) is 1. The summed E-state index contributed by atoms with van der Waals surface area (Å²) < 4.78 is 5.22. The van der Waals surface area contributed by atoms with Crippen molar-refractivity contribution in [3.63, 3.8) is 0 Å². The molecule has 1 atom stereocenters. The molecule has 11 aromatic rings. The summed E-state index contributed by atoms with van der Waals surface area (Å²) in [6.07, 6.45) is 0. The first-order valence-corrected chi connectivity index (χ1v) is 20.2. The highest BCUT2D eigenvalue weighted by molar-refractivity contribution is 7.27. The zero-order valence-electron chi connectivity index (χ0n) is 31.3. The van der Waals surface area contributed by atoms with Crippen LogP contribution >= 0.6 is 11.3 Å². The Morgan fingerprint density at radius 1 is 0.571 bits per heavy atom. The van der Waals surface area contributed by atoms with Crippen LogP contribution in [-0.4, -0.2) is 11.2 Å². The lowest BCUT2D eigenvalue weighted by Crippen LogP contribution is -2.29. The fraction of sp³-hybridized carbons (Fsp3) is 0.0769. The summed E-state index contributed by atoms with van der Waals surface area (Å²) in [5.74, 6) is 0. The molecule has 1 unspecified atom stereocenters. The molecule has 0 aliphatic heterocycles. The summed E-state index contributed by atoms with van der Waals surface area (Å²) >= 11 is 1.91. The number of hydrogen-bond donors (Lipinski definition) is 2. The highest BCUT2D eigenvalue weighted by Crippen LogP contribution is 2.50. The third-order valence-corrected chi connectivity index (χ3v) is 13.2. The molecular weight excluding hydrogens is 699 g/mol. The van der Waals surface area contributed by atoms with E-state index >= 15 is 0 Å². The zero-order chi connectivity index (χ0) is 37.5. The maximum atomic E-state index is 6.54. The maximum absolute atomic E-state index is 6.54. The van der Waals surface area contributed by atoms with E-state index in [9.17, 15) is 0 Å². The molecule has 11 rings (SSSR count). The number of nitrogens with one attached hydrogen (secondary N) is 1. The van der Waals surface area contributed by atoms with Gasteiger partial charge in [-0.2, -0.15) is 0 Å². The molecule has 56 heavy (non-hydrogen) atoms.